The van der Waals surface area contributed by atoms with Gasteiger partial charge in [0.15, 0.2) is 0 Å². The Balaban J connectivity index is 2.13. The Morgan fingerprint density at radius 2 is 1.63 bits per heavy atom. The number of nitrogens with zero attached hydrogens (tertiary/aromatic N) is 1. The van der Waals surface area contributed by atoms with Gasteiger partial charge < -0.3 is 9.69 Å². The smallest absolute Gasteiger partial charge is 0.127 e. The van der Waals surface area contributed by atoms with E-state index in [0.717, 1.165) is 18.3 Å². The number of rotatable bonds is 5. The molecule has 0 fully saturated rings. The van der Waals surface area contributed by atoms with Gasteiger partial charge in [-0.15, -0.1) is 0 Å². The van der Waals surface area contributed by atoms with E-state index in [4.69, 9.17) is 0 Å². The van der Waals surface area contributed by atoms with Gasteiger partial charge in [0.25, 0.3) is 0 Å². The van der Waals surface area contributed by atoms with Crippen LogP contribution in [0.2, 0.25) is 0 Å². The van der Waals surface area contributed by atoms with Gasteiger partial charge in [0.05, 0.1) is 0 Å². The predicted octanol–water partition coefficient (Wildman–Crippen LogP) is 3.28. The van der Waals surface area contributed by atoms with Crippen molar-refractivity contribution in [3.05, 3.63) is 65.7 Å². The number of carbonyl (C=O) groups excluding carboxylic acids is 1. The second-order valence-corrected chi connectivity index (χ2v) is 4.92. The minimum atomic E-state index is -0.0635. The van der Waals surface area contributed by atoms with Crippen molar-refractivity contribution in [3.8, 4) is 0 Å². The lowest BCUT2D eigenvalue weighted by molar-refractivity contribution is -0.109. The molecule has 0 N–H and O–H groups in total. The van der Waals surface area contributed by atoms with Gasteiger partial charge in [-0.05, 0) is 29.7 Å². The highest BCUT2D eigenvalue weighted by atomic mass is 16.1. The molecule has 0 amide bonds. The quantitative estimate of drug-likeness (QED) is 0.762. The minimum absolute atomic E-state index is 0.0635. The van der Waals surface area contributed by atoms with E-state index < -0.39 is 0 Å². The highest BCUT2D eigenvalue weighted by Crippen LogP contribution is 2.20. The van der Waals surface area contributed by atoms with Gasteiger partial charge in [0, 0.05) is 25.7 Å². The highest BCUT2D eigenvalue weighted by Gasteiger charge is 2.10. The molecule has 0 heterocycles. The molecule has 0 aromatic heterocycles. The number of hydrogen-bond donors (Lipinski definition) is 0. The summed E-state index contributed by atoms with van der Waals surface area (Å²) in [4.78, 5) is 13.3. The molecule has 0 aliphatic rings. The molecular formula is C17H19NO. The van der Waals surface area contributed by atoms with Gasteiger partial charge in [-0.3, -0.25) is 0 Å². The number of aldehydes is 1. The lowest BCUT2D eigenvalue weighted by Crippen LogP contribution is -2.09. The molecule has 0 bridgehead atoms. The van der Waals surface area contributed by atoms with Crippen LogP contribution in [0.25, 0.3) is 0 Å². The standard InChI is InChI=1S/C17H19NO/c1-18(2)17-10-8-14(9-11-17)12-16(13-19)15-6-4-3-5-7-15/h3-11,13,16H,12H2,1-2H3. The number of carbonyl (C=O) groups is 1. The molecule has 0 saturated heterocycles. The molecule has 0 aliphatic heterocycles. The molecule has 98 valence electrons. The summed E-state index contributed by atoms with van der Waals surface area (Å²) in [6, 6.07) is 18.3. The van der Waals surface area contributed by atoms with Crippen LogP contribution < -0.4 is 4.90 Å². The number of anilines is 1. The van der Waals surface area contributed by atoms with Crippen LogP contribution >= 0.6 is 0 Å². The molecule has 0 spiro atoms. The molecule has 2 aromatic rings. The van der Waals surface area contributed by atoms with Crippen molar-refractivity contribution in [2.75, 3.05) is 19.0 Å². The van der Waals surface area contributed by atoms with Crippen molar-refractivity contribution >= 4 is 12.0 Å². The summed E-state index contributed by atoms with van der Waals surface area (Å²) < 4.78 is 0. The molecule has 2 rings (SSSR count). The van der Waals surface area contributed by atoms with Gasteiger partial charge >= 0.3 is 0 Å². The van der Waals surface area contributed by atoms with Gasteiger partial charge in [0.2, 0.25) is 0 Å². The lowest BCUT2D eigenvalue weighted by Gasteiger charge is -2.14. The average Bonchev–Trinajstić information content (AvgIpc) is 2.46. The normalized spacial score (nSPS) is 11.9. The monoisotopic (exact) mass is 253 g/mol. The Bertz CT molecular complexity index is 517. The van der Waals surface area contributed by atoms with E-state index in [1.807, 2.05) is 44.4 Å². The van der Waals surface area contributed by atoms with Crippen molar-refractivity contribution in [1.82, 2.24) is 0 Å². The van der Waals surface area contributed by atoms with Gasteiger partial charge in [0.1, 0.15) is 6.29 Å². The maximum absolute atomic E-state index is 11.3. The van der Waals surface area contributed by atoms with Crippen LogP contribution in [0.4, 0.5) is 5.69 Å². The Morgan fingerprint density at radius 1 is 1.00 bits per heavy atom. The summed E-state index contributed by atoms with van der Waals surface area (Å²) in [5.74, 6) is -0.0635. The van der Waals surface area contributed by atoms with Gasteiger partial charge in [-0.1, -0.05) is 42.5 Å². The van der Waals surface area contributed by atoms with E-state index in [1.165, 1.54) is 11.3 Å². The zero-order chi connectivity index (χ0) is 13.7. The summed E-state index contributed by atoms with van der Waals surface area (Å²) in [6.07, 6.45) is 1.79. The minimum Gasteiger partial charge on any atom is -0.378 e. The molecule has 19 heavy (non-hydrogen) atoms. The van der Waals surface area contributed by atoms with Crippen molar-refractivity contribution < 1.29 is 4.79 Å². The fourth-order valence-corrected chi connectivity index (χ4v) is 2.13. The Morgan fingerprint density at radius 3 is 2.16 bits per heavy atom. The first-order valence-corrected chi connectivity index (χ1v) is 6.47. The topological polar surface area (TPSA) is 20.3 Å². The van der Waals surface area contributed by atoms with Crippen molar-refractivity contribution in [2.24, 2.45) is 0 Å². The van der Waals surface area contributed by atoms with Crippen LogP contribution in [-0.4, -0.2) is 20.4 Å². The molecule has 2 nitrogen and oxygen atoms in total. The van der Waals surface area contributed by atoms with Gasteiger partial charge in [-0.25, -0.2) is 0 Å². The molecule has 2 heteroatoms. The Kier molecular flexibility index (Phi) is 4.35. The molecule has 0 aliphatic carbocycles. The van der Waals surface area contributed by atoms with E-state index in [-0.39, 0.29) is 5.92 Å². The van der Waals surface area contributed by atoms with Crippen LogP contribution in [0.1, 0.15) is 17.0 Å². The highest BCUT2D eigenvalue weighted by molar-refractivity contribution is 5.63. The maximum Gasteiger partial charge on any atom is 0.127 e. The molecule has 0 radical (unpaired) electrons. The largest absolute Gasteiger partial charge is 0.378 e. The maximum atomic E-state index is 11.3. The van der Waals surface area contributed by atoms with E-state index in [1.54, 1.807) is 0 Å². The van der Waals surface area contributed by atoms with Crippen LogP contribution in [0.5, 0.6) is 0 Å². The first-order valence-electron chi connectivity index (χ1n) is 6.47. The SMILES string of the molecule is CN(C)c1ccc(CC(C=O)c2ccccc2)cc1. The third-order valence-corrected chi connectivity index (χ3v) is 3.30. The van der Waals surface area contributed by atoms with E-state index in [0.29, 0.717) is 0 Å². The van der Waals surface area contributed by atoms with Crippen molar-refractivity contribution in [1.29, 1.82) is 0 Å². The third-order valence-electron chi connectivity index (χ3n) is 3.30. The number of hydrogen-bond acceptors (Lipinski definition) is 2. The summed E-state index contributed by atoms with van der Waals surface area (Å²) >= 11 is 0. The van der Waals surface area contributed by atoms with Crippen LogP contribution in [0.15, 0.2) is 54.6 Å². The average molecular weight is 253 g/mol. The van der Waals surface area contributed by atoms with Crippen molar-refractivity contribution in [3.63, 3.8) is 0 Å². The van der Waals surface area contributed by atoms with Crippen molar-refractivity contribution in [2.45, 2.75) is 12.3 Å². The van der Waals surface area contributed by atoms with E-state index in [9.17, 15) is 4.79 Å². The fourth-order valence-electron chi connectivity index (χ4n) is 2.13. The zero-order valence-electron chi connectivity index (χ0n) is 11.4. The van der Waals surface area contributed by atoms with E-state index in [2.05, 4.69) is 29.2 Å². The molecule has 1 unspecified atom stereocenters. The summed E-state index contributed by atoms with van der Waals surface area (Å²) in [5.41, 5.74) is 3.44. The summed E-state index contributed by atoms with van der Waals surface area (Å²) in [6.45, 7) is 0. The summed E-state index contributed by atoms with van der Waals surface area (Å²) in [7, 11) is 4.04. The summed E-state index contributed by atoms with van der Waals surface area (Å²) in [5, 5.41) is 0. The molecular weight excluding hydrogens is 234 g/mol. The number of benzene rings is 2. The van der Waals surface area contributed by atoms with Crippen LogP contribution in [0, 0.1) is 0 Å². The molecule has 1 atom stereocenters. The second-order valence-electron chi connectivity index (χ2n) is 4.92. The predicted molar refractivity (Wildman–Crippen MR) is 79.7 cm³/mol. The zero-order valence-corrected chi connectivity index (χ0v) is 11.4. The molecule has 2 aromatic carbocycles. The van der Waals surface area contributed by atoms with Crippen LogP contribution in [0.3, 0.4) is 0 Å². The first-order chi connectivity index (χ1) is 9.20. The van der Waals surface area contributed by atoms with E-state index >= 15 is 0 Å². The third kappa shape index (κ3) is 3.44. The fraction of sp³-hybridized carbons (Fsp3) is 0.235. The molecule has 0 saturated carbocycles. The van der Waals surface area contributed by atoms with Crippen LogP contribution in [-0.2, 0) is 11.2 Å². The Labute approximate surface area is 114 Å². The first kappa shape index (κ1) is 13.3. The second kappa shape index (κ2) is 6.19. The van der Waals surface area contributed by atoms with Gasteiger partial charge in [-0.2, -0.15) is 0 Å². The lowest BCUT2D eigenvalue weighted by atomic mass is 9.93. The Hall–Kier alpha value is -2.09.